The van der Waals surface area contributed by atoms with E-state index in [4.69, 9.17) is 10.5 Å². The second-order valence-corrected chi connectivity index (χ2v) is 4.08. The second-order valence-electron chi connectivity index (χ2n) is 4.08. The van der Waals surface area contributed by atoms with Crippen LogP contribution < -0.4 is 10.5 Å². The Hall–Kier alpha value is -1.23. The molecule has 1 aromatic rings. The van der Waals surface area contributed by atoms with Crippen molar-refractivity contribution in [1.29, 1.82) is 0 Å². The Balaban J connectivity index is 2.02. The molecule has 5 nitrogen and oxygen atoms in total. The van der Waals surface area contributed by atoms with Crippen molar-refractivity contribution in [3.8, 4) is 6.01 Å². The van der Waals surface area contributed by atoms with Crippen LogP contribution in [0.4, 0.5) is 0 Å². The van der Waals surface area contributed by atoms with E-state index in [0.29, 0.717) is 6.01 Å². The van der Waals surface area contributed by atoms with E-state index in [1.165, 1.54) is 0 Å². The third-order valence-electron chi connectivity index (χ3n) is 2.77. The summed E-state index contributed by atoms with van der Waals surface area (Å²) in [7, 11) is 0. The number of aryl methyl sites for hydroxylation is 2. The SMILES string of the molecule is Cc1nnc(OC2CCC(N)C2)nc1C. The summed E-state index contributed by atoms with van der Waals surface area (Å²) in [6, 6.07) is 0.631. The Morgan fingerprint density at radius 2 is 2.00 bits per heavy atom. The summed E-state index contributed by atoms with van der Waals surface area (Å²) in [6.07, 6.45) is 3.04. The third kappa shape index (κ3) is 2.41. The fraction of sp³-hybridized carbons (Fsp3) is 0.700. The molecule has 2 N–H and O–H groups in total. The topological polar surface area (TPSA) is 73.9 Å². The number of nitrogens with zero attached hydrogens (tertiary/aromatic N) is 3. The predicted molar refractivity (Wildman–Crippen MR) is 55.5 cm³/mol. The van der Waals surface area contributed by atoms with Crippen LogP contribution in [0.2, 0.25) is 0 Å². The Morgan fingerprint density at radius 3 is 2.60 bits per heavy atom. The standard InChI is InChI=1S/C10H16N4O/c1-6-7(2)13-14-10(12-6)15-9-4-3-8(11)5-9/h8-9H,3-5,11H2,1-2H3. The van der Waals surface area contributed by atoms with Crippen LogP contribution in [0, 0.1) is 13.8 Å². The quantitative estimate of drug-likeness (QED) is 0.776. The molecule has 0 amide bonds. The van der Waals surface area contributed by atoms with E-state index in [9.17, 15) is 0 Å². The number of ether oxygens (including phenoxy) is 1. The van der Waals surface area contributed by atoms with Gasteiger partial charge in [-0.05, 0) is 33.1 Å². The van der Waals surface area contributed by atoms with Crippen molar-refractivity contribution < 1.29 is 4.74 Å². The van der Waals surface area contributed by atoms with E-state index in [2.05, 4.69) is 15.2 Å². The van der Waals surface area contributed by atoms with Crippen LogP contribution in [0.15, 0.2) is 0 Å². The summed E-state index contributed by atoms with van der Waals surface area (Å²) in [5, 5.41) is 7.87. The minimum Gasteiger partial charge on any atom is -0.459 e. The van der Waals surface area contributed by atoms with Crippen molar-refractivity contribution in [1.82, 2.24) is 15.2 Å². The molecule has 2 unspecified atom stereocenters. The fourth-order valence-corrected chi connectivity index (χ4v) is 1.72. The lowest BCUT2D eigenvalue weighted by atomic mass is 10.3. The molecule has 0 spiro atoms. The first kappa shape index (κ1) is 10.3. The highest BCUT2D eigenvalue weighted by molar-refractivity contribution is 5.07. The summed E-state index contributed by atoms with van der Waals surface area (Å²) in [5.74, 6) is 0. The highest BCUT2D eigenvalue weighted by Gasteiger charge is 2.24. The van der Waals surface area contributed by atoms with Crippen molar-refractivity contribution in [2.45, 2.75) is 45.3 Å². The van der Waals surface area contributed by atoms with Gasteiger partial charge in [0.05, 0.1) is 11.4 Å². The zero-order valence-electron chi connectivity index (χ0n) is 9.10. The Bertz CT molecular complexity index is 355. The summed E-state index contributed by atoms with van der Waals surface area (Å²) < 4.78 is 5.62. The molecule has 0 saturated heterocycles. The molecule has 0 aliphatic heterocycles. The molecular formula is C10H16N4O. The van der Waals surface area contributed by atoms with Crippen molar-refractivity contribution in [2.24, 2.45) is 5.73 Å². The van der Waals surface area contributed by atoms with Crippen LogP contribution in [-0.4, -0.2) is 27.3 Å². The van der Waals surface area contributed by atoms with Gasteiger partial charge in [0.15, 0.2) is 0 Å². The maximum atomic E-state index is 5.80. The highest BCUT2D eigenvalue weighted by atomic mass is 16.5. The van der Waals surface area contributed by atoms with Gasteiger partial charge in [-0.1, -0.05) is 5.10 Å². The van der Waals surface area contributed by atoms with Crippen LogP contribution in [-0.2, 0) is 0 Å². The highest BCUT2D eigenvalue weighted by Crippen LogP contribution is 2.21. The van der Waals surface area contributed by atoms with Crippen LogP contribution in [0.5, 0.6) is 6.01 Å². The van der Waals surface area contributed by atoms with E-state index >= 15 is 0 Å². The normalized spacial score (nSPS) is 25.5. The molecular weight excluding hydrogens is 192 g/mol. The summed E-state index contributed by atoms with van der Waals surface area (Å²) in [5.41, 5.74) is 7.50. The average Bonchev–Trinajstić information content (AvgIpc) is 2.58. The maximum Gasteiger partial charge on any atom is 0.336 e. The molecule has 2 rings (SSSR count). The predicted octanol–water partition coefficient (Wildman–Crippen LogP) is 0.747. The van der Waals surface area contributed by atoms with Gasteiger partial charge in [0.25, 0.3) is 0 Å². The zero-order chi connectivity index (χ0) is 10.8. The van der Waals surface area contributed by atoms with Gasteiger partial charge in [0.2, 0.25) is 0 Å². The fourth-order valence-electron chi connectivity index (χ4n) is 1.72. The summed E-state index contributed by atoms with van der Waals surface area (Å²) in [6.45, 7) is 3.78. The third-order valence-corrected chi connectivity index (χ3v) is 2.77. The van der Waals surface area contributed by atoms with Crippen molar-refractivity contribution >= 4 is 0 Å². The van der Waals surface area contributed by atoms with Gasteiger partial charge in [-0.25, -0.2) is 0 Å². The van der Waals surface area contributed by atoms with Crippen molar-refractivity contribution in [3.63, 3.8) is 0 Å². The Morgan fingerprint density at radius 1 is 1.20 bits per heavy atom. The molecule has 0 aromatic carbocycles. The molecule has 0 bridgehead atoms. The smallest absolute Gasteiger partial charge is 0.336 e. The van der Waals surface area contributed by atoms with E-state index in [-0.39, 0.29) is 12.1 Å². The summed E-state index contributed by atoms with van der Waals surface area (Å²) in [4.78, 5) is 4.22. The first-order valence-electron chi connectivity index (χ1n) is 5.25. The van der Waals surface area contributed by atoms with E-state index in [1.54, 1.807) is 0 Å². The zero-order valence-corrected chi connectivity index (χ0v) is 9.10. The first-order chi connectivity index (χ1) is 7.15. The maximum absolute atomic E-state index is 5.80. The number of nitrogens with two attached hydrogens (primary N) is 1. The largest absolute Gasteiger partial charge is 0.459 e. The average molecular weight is 208 g/mol. The van der Waals surface area contributed by atoms with Gasteiger partial charge in [-0.15, -0.1) is 5.10 Å². The molecule has 1 aromatic heterocycles. The molecule has 5 heteroatoms. The molecule has 1 aliphatic carbocycles. The molecule has 1 heterocycles. The van der Waals surface area contributed by atoms with Gasteiger partial charge >= 0.3 is 6.01 Å². The Labute approximate surface area is 89.1 Å². The van der Waals surface area contributed by atoms with E-state index < -0.39 is 0 Å². The van der Waals surface area contributed by atoms with Gasteiger partial charge in [0, 0.05) is 6.04 Å². The van der Waals surface area contributed by atoms with Crippen LogP contribution in [0.3, 0.4) is 0 Å². The lowest BCUT2D eigenvalue weighted by Gasteiger charge is -2.11. The molecule has 1 fully saturated rings. The number of rotatable bonds is 2. The van der Waals surface area contributed by atoms with Gasteiger partial charge < -0.3 is 10.5 Å². The minimum atomic E-state index is 0.156. The second kappa shape index (κ2) is 4.10. The molecule has 2 atom stereocenters. The molecule has 15 heavy (non-hydrogen) atoms. The lowest BCUT2D eigenvalue weighted by molar-refractivity contribution is 0.187. The molecule has 1 saturated carbocycles. The van der Waals surface area contributed by atoms with E-state index in [0.717, 1.165) is 30.7 Å². The van der Waals surface area contributed by atoms with Crippen LogP contribution >= 0.6 is 0 Å². The van der Waals surface area contributed by atoms with Gasteiger partial charge in [-0.3, -0.25) is 0 Å². The van der Waals surface area contributed by atoms with E-state index in [1.807, 2.05) is 13.8 Å². The lowest BCUT2D eigenvalue weighted by Crippen LogP contribution is -2.20. The van der Waals surface area contributed by atoms with Gasteiger partial charge in [-0.2, -0.15) is 4.98 Å². The van der Waals surface area contributed by atoms with Crippen LogP contribution in [0.1, 0.15) is 30.7 Å². The molecule has 0 radical (unpaired) electrons. The molecule has 1 aliphatic rings. The number of hydrogen-bond donors (Lipinski definition) is 1. The first-order valence-corrected chi connectivity index (χ1v) is 5.25. The van der Waals surface area contributed by atoms with Crippen LogP contribution in [0.25, 0.3) is 0 Å². The van der Waals surface area contributed by atoms with Crippen molar-refractivity contribution in [2.75, 3.05) is 0 Å². The number of hydrogen-bond acceptors (Lipinski definition) is 5. The van der Waals surface area contributed by atoms with Crippen molar-refractivity contribution in [3.05, 3.63) is 11.4 Å². The summed E-state index contributed by atoms with van der Waals surface area (Å²) >= 11 is 0. The molecule has 82 valence electrons. The monoisotopic (exact) mass is 208 g/mol. The van der Waals surface area contributed by atoms with Gasteiger partial charge in [0.1, 0.15) is 6.10 Å². The Kier molecular flexibility index (Phi) is 2.81. The minimum absolute atomic E-state index is 0.156. The number of aromatic nitrogens is 3.